The van der Waals surface area contributed by atoms with Crippen LogP contribution in [0.4, 0.5) is 0 Å². The molecule has 4 heteroatoms. The van der Waals surface area contributed by atoms with Gasteiger partial charge in [-0.1, -0.05) is 0 Å². The van der Waals surface area contributed by atoms with Crippen LogP contribution in [0.3, 0.4) is 0 Å². The molecule has 1 fully saturated rings. The fourth-order valence-electron chi connectivity index (χ4n) is 1.65. The van der Waals surface area contributed by atoms with E-state index in [1.165, 1.54) is 0 Å². The molecule has 0 saturated carbocycles. The maximum absolute atomic E-state index is 6.61. The summed E-state index contributed by atoms with van der Waals surface area (Å²) in [7, 11) is 6.61. The first-order chi connectivity index (χ1) is 6.14. The second-order valence-corrected chi connectivity index (χ2v) is 10.4. The van der Waals surface area contributed by atoms with Crippen LogP contribution in [-0.4, -0.2) is 46.0 Å². The Kier molecular flexibility index (Phi) is 3.64. The molecule has 0 bridgehead atoms. The van der Waals surface area contributed by atoms with Crippen LogP contribution >= 0.6 is 9.95 Å². The molecule has 0 N–H and O–H groups in total. The zero-order valence-electron chi connectivity index (χ0n) is 10.1. The van der Waals surface area contributed by atoms with Gasteiger partial charge >= 0.3 is 97.5 Å². The molecule has 0 unspecified atom stereocenters. The van der Waals surface area contributed by atoms with Gasteiger partial charge < -0.3 is 0 Å². The predicted molar refractivity (Wildman–Crippen MR) is 64.5 cm³/mol. The van der Waals surface area contributed by atoms with Gasteiger partial charge in [-0.05, 0) is 0 Å². The van der Waals surface area contributed by atoms with Crippen molar-refractivity contribution in [1.82, 2.24) is 7.63 Å². The standard InChI is InChI=1S/C10H22AsClN2/c1-9(2,3)13-7-8-14(11(13)12)10(4,5)6/h7-8H2,1-6H3. The van der Waals surface area contributed by atoms with Gasteiger partial charge in [0.2, 0.25) is 0 Å². The summed E-state index contributed by atoms with van der Waals surface area (Å²) in [5.74, 6) is 0. The molecule has 14 heavy (non-hydrogen) atoms. The summed E-state index contributed by atoms with van der Waals surface area (Å²) in [5.41, 5.74) is 0.448. The minimum absolute atomic E-state index is 0.224. The molecule has 2 nitrogen and oxygen atoms in total. The van der Waals surface area contributed by atoms with E-state index in [9.17, 15) is 0 Å². The van der Waals surface area contributed by atoms with Crippen molar-refractivity contribution in [3.63, 3.8) is 0 Å². The van der Waals surface area contributed by atoms with E-state index in [2.05, 4.69) is 49.2 Å². The first-order valence-electron chi connectivity index (χ1n) is 5.15. The number of nitrogens with zero attached hydrogens (tertiary/aromatic N) is 2. The van der Waals surface area contributed by atoms with Gasteiger partial charge in [0, 0.05) is 0 Å². The van der Waals surface area contributed by atoms with E-state index in [1.54, 1.807) is 0 Å². The summed E-state index contributed by atoms with van der Waals surface area (Å²) in [4.78, 5) is 0. The summed E-state index contributed by atoms with van der Waals surface area (Å²) in [6, 6.07) is 0. The predicted octanol–water partition coefficient (Wildman–Crippen LogP) is 2.42. The zero-order chi connectivity index (χ0) is 11.1. The Balaban J connectivity index is 2.75. The molecule has 0 amide bonds. The van der Waals surface area contributed by atoms with Crippen molar-refractivity contribution < 1.29 is 0 Å². The van der Waals surface area contributed by atoms with E-state index in [0.717, 1.165) is 13.1 Å². The molecule has 1 saturated heterocycles. The van der Waals surface area contributed by atoms with Crippen LogP contribution in [0.25, 0.3) is 0 Å². The maximum atomic E-state index is 6.61. The second kappa shape index (κ2) is 3.97. The number of halogens is 1. The van der Waals surface area contributed by atoms with E-state index in [1.807, 2.05) is 0 Å². The molecule has 1 aliphatic rings. The van der Waals surface area contributed by atoms with Gasteiger partial charge in [0.15, 0.2) is 0 Å². The Hall–Kier alpha value is 0.768. The molecule has 0 aromatic rings. The van der Waals surface area contributed by atoms with Crippen molar-refractivity contribution in [3.05, 3.63) is 0 Å². The Morgan fingerprint density at radius 1 is 0.857 bits per heavy atom. The van der Waals surface area contributed by atoms with Crippen LogP contribution < -0.4 is 0 Å². The molecule has 1 aliphatic heterocycles. The zero-order valence-corrected chi connectivity index (χ0v) is 12.8. The van der Waals surface area contributed by atoms with Gasteiger partial charge in [-0.15, -0.1) is 0 Å². The number of hydrogen-bond acceptors (Lipinski definition) is 2. The van der Waals surface area contributed by atoms with Crippen LogP contribution in [0.5, 0.6) is 0 Å². The van der Waals surface area contributed by atoms with Gasteiger partial charge in [0.1, 0.15) is 0 Å². The van der Waals surface area contributed by atoms with Gasteiger partial charge in [-0.2, -0.15) is 0 Å². The number of rotatable bonds is 0. The molecule has 0 aromatic heterocycles. The van der Waals surface area contributed by atoms with Crippen LogP contribution in [0.2, 0.25) is 0 Å². The Morgan fingerprint density at radius 3 is 1.29 bits per heavy atom. The fourth-order valence-corrected chi connectivity index (χ4v) is 8.49. The summed E-state index contributed by atoms with van der Waals surface area (Å²) in [6.45, 7) is 15.8. The molecular formula is C10H22AsClN2. The molecule has 1 rings (SSSR count). The second-order valence-electron chi connectivity index (χ2n) is 5.83. The van der Waals surface area contributed by atoms with Gasteiger partial charge in [0.05, 0.1) is 0 Å². The molecule has 0 spiro atoms. The van der Waals surface area contributed by atoms with E-state index < -0.39 is 14.2 Å². The van der Waals surface area contributed by atoms with Crippen molar-refractivity contribution in [2.24, 2.45) is 0 Å². The Labute approximate surface area is 97.5 Å². The van der Waals surface area contributed by atoms with Gasteiger partial charge in [-0.25, -0.2) is 0 Å². The van der Waals surface area contributed by atoms with Gasteiger partial charge in [0.25, 0.3) is 0 Å². The van der Waals surface area contributed by atoms with Crippen LogP contribution in [0, 0.1) is 0 Å². The molecular weight excluding hydrogens is 258 g/mol. The van der Waals surface area contributed by atoms with Crippen molar-refractivity contribution in [2.45, 2.75) is 52.6 Å². The summed E-state index contributed by atoms with van der Waals surface area (Å²) < 4.78 is 4.99. The van der Waals surface area contributed by atoms with E-state index >= 15 is 0 Å². The molecule has 0 aliphatic carbocycles. The quantitative estimate of drug-likeness (QED) is 0.629. The SMILES string of the molecule is CC(C)(C)N1CCN(C(C)(C)C)[As]1Cl. The topological polar surface area (TPSA) is 6.48 Å². The fraction of sp³-hybridized carbons (Fsp3) is 1.00. The van der Waals surface area contributed by atoms with Crippen molar-refractivity contribution in [2.75, 3.05) is 13.1 Å². The Morgan fingerprint density at radius 2 is 1.14 bits per heavy atom. The molecule has 0 atom stereocenters. The number of hydrogen-bond donors (Lipinski definition) is 0. The third-order valence-corrected chi connectivity index (χ3v) is 9.40. The normalized spacial score (nSPS) is 23.4. The summed E-state index contributed by atoms with van der Waals surface area (Å²) >= 11 is -1.46. The summed E-state index contributed by atoms with van der Waals surface area (Å²) in [5, 5.41) is 0. The minimum atomic E-state index is -1.46. The average molecular weight is 281 g/mol. The Bertz CT molecular complexity index is 185. The van der Waals surface area contributed by atoms with E-state index in [-0.39, 0.29) is 11.1 Å². The van der Waals surface area contributed by atoms with E-state index in [0.29, 0.717) is 0 Å². The molecule has 84 valence electrons. The first kappa shape index (κ1) is 12.8. The van der Waals surface area contributed by atoms with Crippen molar-refractivity contribution in [1.29, 1.82) is 0 Å². The third-order valence-electron chi connectivity index (χ3n) is 2.47. The molecule has 1 heterocycles. The van der Waals surface area contributed by atoms with Crippen LogP contribution in [-0.2, 0) is 0 Å². The first-order valence-corrected chi connectivity index (χ1v) is 9.29. The van der Waals surface area contributed by atoms with Crippen molar-refractivity contribution in [3.8, 4) is 0 Å². The van der Waals surface area contributed by atoms with Crippen LogP contribution in [0.15, 0.2) is 0 Å². The van der Waals surface area contributed by atoms with Crippen molar-refractivity contribution >= 4 is 24.1 Å². The average Bonchev–Trinajstić information content (AvgIpc) is 2.26. The third kappa shape index (κ3) is 2.66. The monoisotopic (exact) mass is 280 g/mol. The molecule has 0 aromatic carbocycles. The molecule has 0 radical (unpaired) electrons. The summed E-state index contributed by atoms with van der Waals surface area (Å²) in [6.07, 6.45) is 0. The van der Waals surface area contributed by atoms with Gasteiger partial charge in [-0.3, -0.25) is 0 Å². The van der Waals surface area contributed by atoms with Crippen LogP contribution in [0.1, 0.15) is 41.5 Å². The van der Waals surface area contributed by atoms with E-state index in [4.69, 9.17) is 9.95 Å².